The second kappa shape index (κ2) is 9.07. The fourth-order valence-electron chi connectivity index (χ4n) is 5.82. The van der Waals surface area contributed by atoms with E-state index in [1.54, 1.807) is 0 Å². The molecule has 0 aliphatic rings. The van der Waals surface area contributed by atoms with Gasteiger partial charge in [0.05, 0.1) is 27.9 Å². The van der Waals surface area contributed by atoms with Gasteiger partial charge in [-0.2, -0.15) is 0 Å². The highest BCUT2D eigenvalue weighted by Crippen LogP contribution is 2.37. The number of aromatic nitrogens is 4. The highest BCUT2D eigenvalue weighted by molar-refractivity contribution is 6.10. The number of nitrogens with zero attached hydrogens (tertiary/aromatic N) is 4. The van der Waals surface area contributed by atoms with E-state index >= 15 is 0 Å². The van der Waals surface area contributed by atoms with Crippen molar-refractivity contribution >= 4 is 32.7 Å². The van der Waals surface area contributed by atoms with Gasteiger partial charge in [0.1, 0.15) is 5.82 Å². The molecule has 0 saturated carbocycles. The van der Waals surface area contributed by atoms with Crippen LogP contribution in [0, 0.1) is 0 Å². The number of hydrogen-bond acceptors (Lipinski definition) is 2. The van der Waals surface area contributed by atoms with Crippen LogP contribution in [0.15, 0.2) is 146 Å². The van der Waals surface area contributed by atoms with E-state index in [9.17, 15) is 0 Å². The van der Waals surface area contributed by atoms with E-state index in [0.717, 1.165) is 45.1 Å². The zero-order valence-electron chi connectivity index (χ0n) is 21.6. The second-order valence-electron chi connectivity index (χ2n) is 9.96. The Bertz CT molecular complexity index is 2140. The lowest BCUT2D eigenvalue weighted by Gasteiger charge is -2.12. The van der Waals surface area contributed by atoms with E-state index in [4.69, 9.17) is 4.98 Å². The molecule has 0 atom stereocenters. The van der Waals surface area contributed by atoms with Gasteiger partial charge in [-0.15, -0.1) is 0 Å². The van der Waals surface area contributed by atoms with Crippen molar-refractivity contribution in [3.8, 4) is 34.0 Å². The standard InChI is InChI=1S/C36H24N4/c1-2-10-25(11-3-1)33-23-27-16-18-28(24-34(27)40(33)36-15-7-9-21-38-36)39-32-14-5-4-12-29(32)30-19-17-26(22-35(30)39)31-13-6-8-20-37-31/h1-24H. The lowest BCUT2D eigenvalue weighted by atomic mass is 10.1. The molecule has 0 bridgehead atoms. The lowest BCUT2D eigenvalue weighted by Crippen LogP contribution is -2.00. The minimum absolute atomic E-state index is 0.896. The fourth-order valence-corrected chi connectivity index (χ4v) is 5.82. The van der Waals surface area contributed by atoms with E-state index < -0.39 is 0 Å². The Hall–Kier alpha value is -5.48. The summed E-state index contributed by atoms with van der Waals surface area (Å²) in [6.45, 7) is 0. The van der Waals surface area contributed by atoms with E-state index in [2.05, 4.69) is 123 Å². The Morgan fingerprint density at radius 3 is 2.05 bits per heavy atom. The zero-order chi connectivity index (χ0) is 26.5. The molecule has 188 valence electrons. The number of fused-ring (bicyclic) bond motifs is 4. The van der Waals surface area contributed by atoms with Gasteiger partial charge in [-0.05, 0) is 60.2 Å². The van der Waals surface area contributed by atoms with Gasteiger partial charge >= 0.3 is 0 Å². The first kappa shape index (κ1) is 22.5. The van der Waals surface area contributed by atoms with E-state index in [0.29, 0.717) is 0 Å². The number of hydrogen-bond donors (Lipinski definition) is 0. The predicted molar refractivity (Wildman–Crippen MR) is 164 cm³/mol. The molecule has 40 heavy (non-hydrogen) atoms. The maximum Gasteiger partial charge on any atom is 0.137 e. The summed E-state index contributed by atoms with van der Waals surface area (Å²) in [7, 11) is 0. The molecule has 0 spiro atoms. The van der Waals surface area contributed by atoms with Crippen LogP contribution in [0.25, 0.3) is 66.7 Å². The molecule has 0 amide bonds. The molecule has 4 heterocycles. The molecule has 4 heteroatoms. The van der Waals surface area contributed by atoms with E-state index in [1.165, 1.54) is 21.7 Å². The van der Waals surface area contributed by atoms with Crippen LogP contribution >= 0.6 is 0 Å². The molecule has 0 fully saturated rings. The van der Waals surface area contributed by atoms with Gasteiger partial charge in [0, 0.05) is 39.8 Å². The summed E-state index contributed by atoms with van der Waals surface area (Å²) in [5, 5.41) is 3.62. The Kier molecular flexibility index (Phi) is 5.10. The van der Waals surface area contributed by atoms with Crippen LogP contribution in [0.5, 0.6) is 0 Å². The minimum atomic E-state index is 0.896. The average Bonchev–Trinajstić information content (AvgIpc) is 3.58. The summed E-state index contributed by atoms with van der Waals surface area (Å²) in [6.07, 6.45) is 3.70. The normalized spacial score (nSPS) is 11.5. The van der Waals surface area contributed by atoms with Crippen molar-refractivity contribution in [1.82, 2.24) is 19.1 Å². The van der Waals surface area contributed by atoms with Crippen molar-refractivity contribution < 1.29 is 0 Å². The van der Waals surface area contributed by atoms with Gasteiger partial charge in [-0.25, -0.2) is 4.98 Å². The molecule has 4 aromatic heterocycles. The van der Waals surface area contributed by atoms with E-state index in [-0.39, 0.29) is 0 Å². The van der Waals surface area contributed by atoms with Crippen molar-refractivity contribution in [2.45, 2.75) is 0 Å². The topological polar surface area (TPSA) is 35.6 Å². The summed E-state index contributed by atoms with van der Waals surface area (Å²) < 4.78 is 4.63. The van der Waals surface area contributed by atoms with Crippen molar-refractivity contribution in [3.63, 3.8) is 0 Å². The van der Waals surface area contributed by atoms with Gasteiger partial charge < -0.3 is 4.57 Å². The molecule has 0 N–H and O–H groups in total. The first-order chi connectivity index (χ1) is 19.8. The number of rotatable bonds is 4. The molecular formula is C36H24N4. The van der Waals surface area contributed by atoms with Crippen LogP contribution in [0.3, 0.4) is 0 Å². The molecule has 4 aromatic carbocycles. The summed E-state index contributed by atoms with van der Waals surface area (Å²) in [6, 6.07) is 46.9. The first-order valence-corrected chi connectivity index (χ1v) is 13.4. The van der Waals surface area contributed by atoms with Crippen molar-refractivity contribution in [2.75, 3.05) is 0 Å². The summed E-state index contributed by atoms with van der Waals surface area (Å²) in [5.41, 5.74) is 8.88. The van der Waals surface area contributed by atoms with Gasteiger partial charge in [-0.3, -0.25) is 9.55 Å². The fraction of sp³-hybridized carbons (Fsp3) is 0. The third kappa shape index (κ3) is 3.54. The highest BCUT2D eigenvalue weighted by Gasteiger charge is 2.17. The minimum Gasteiger partial charge on any atom is -0.309 e. The number of benzene rings is 4. The third-order valence-corrected chi connectivity index (χ3v) is 7.63. The smallest absolute Gasteiger partial charge is 0.137 e. The van der Waals surface area contributed by atoms with Crippen molar-refractivity contribution in [3.05, 3.63) is 146 Å². The van der Waals surface area contributed by atoms with Gasteiger partial charge in [0.2, 0.25) is 0 Å². The number of pyridine rings is 2. The summed E-state index contributed by atoms with van der Waals surface area (Å²) in [4.78, 5) is 9.35. The van der Waals surface area contributed by atoms with Gasteiger partial charge in [0.15, 0.2) is 0 Å². The van der Waals surface area contributed by atoms with Crippen LogP contribution < -0.4 is 0 Å². The Morgan fingerprint density at radius 1 is 0.450 bits per heavy atom. The monoisotopic (exact) mass is 512 g/mol. The van der Waals surface area contributed by atoms with Gasteiger partial charge in [-0.1, -0.05) is 78.9 Å². The lowest BCUT2D eigenvalue weighted by molar-refractivity contribution is 1.05. The Morgan fingerprint density at radius 2 is 1.23 bits per heavy atom. The SMILES string of the molecule is c1ccc(-c2cc3ccc(-n4c5ccccc5c5ccc(-c6ccccn6)cc54)cc3n2-c2ccccn2)cc1. The van der Waals surface area contributed by atoms with Crippen molar-refractivity contribution in [1.29, 1.82) is 0 Å². The first-order valence-electron chi connectivity index (χ1n) is 13.4. The third-order valence-electron chi connectivity index (χ3n) is 7.63. The largest absolute Gasteiger partial charge is 0.309 e. The van der Waals surface area contributed by atoms with Crippen LogP contribution in [0.1, 0.15) is 0 Å². The Labute approximate surface area is 231 Å². The molecule has 8 rings (SSSR count). The molecule has 4 nitrogen and oxygen atoms in total. The van der Waals surface area contributed by atoms with Crippen molar-refractivity contribution in [2.24, 2.45) is 0 Å². The molecule has 0 aliphatic heterocycles. The van der Waals surface area contributed by atoms with Crippen LogP contribution in [-0.2, 0) is 0 Å². The summed E-state index contributed by atoms with van der Waals surface area (Å²) >= 11 is 0. The number of para-hydroxylation sites is 1. The molecule has 8 aromatic rings. The highest BCUT2D eigenvalue weighted by atomic mass is 15.1. The van der Waals surface area contributed by atoms with Crippen LogP contribution in [-0.4, -0.2) is 19.1 Å². The van der Waals surface area contributed by atoms with Crippen LogP contribution in [0.2, 0.25) is 0 Å². The quantitative estimate of drug-likeness (QED) is 0.236. The molecule has 0 radical (unpaired) electrons. The molecule has 0 unspecified atom stereocenters. The van der Waals surface area contributed by atoms with Gasteiger partial charge in [0.25, 0.3) is 0 Å². The second-order valence-corrected chi connectivity index (χ2v) is 9.96. The maximum atomic E-state index is 4.74. The van der Waals surface area contributed by atoms with Crippen LogP contribution in [0.4, 0.5) is 0 Å². The Balaban J connectivity index is 1.42. The zero-order valence-corrected chi connectivity index (χ0v) is 21.6. The predicted octanol–water partition coefficient (Wildman–Crippen LogP) is 8.85. The summed E-state index contributed by atoms with van der Waals surface area (Å²) in [5.74, 6) is 0.896. The molecule has 0 saturated heterocycles. The maximum absolute atomic E-state index is 4.74. The molecule has 0 aliphatic carbocycles. The van der Waals surface area contributed by atoms with E-state index in [1.807, 2.05) is 36.7 Å². The molecular weight excluding hydrogens is 488 g/mol. The average molecular weight is 513 g/mol.